The molecule has 0 aliphatic heterocycles. The lowest BCUT2D eigenvalue weighted by molar-refractivity contribution is 0.190. The largest absolute Gasteiger partial charge is 0.385 e. The molecule has 0 aliphatic carbocycles. The summed E-state index contributed by atoms with van der Waals surface area (Å²) in [5.74, 6) is 0. The van der Waals surface area contributed by atoms with Crippen molar-refractivity contribution in [1.29, 1.82) is 0 Å². The van der Waals surface area contributed by atoms with Gasteiger partial charge in [0.15, 0.2) is 0 Å². The summed E-state index contributed by atoms with van der Waals surface area (Å²) in [5.41, 5.74) is 12.3. The first kappa shape index (κ1) is 56.7. The van der Waals surface area contributed by atoms with Gasteiger partial charge in [-0.2, -0.15) is 15.3 Å². The van der Waals surface area contributed by atoms with Crippen molar-refractivity contribution in [1.82, 2.24) is 38.9 Å². The Morgan fingerprint density at radius 3 is 1.69 bits per heavy atom. The van der Waals surface area contributed by atoms with Crippen LogP contribution in [0.5, 0.6) is 0 Å². The van der Waals surface area contributed by atoms with Crippen molar-refractivity contribution in [3.8, 4) is 0 Å². The van der Waals surface area contributed by atoms with Crippen LogP contribution in [0.1, 0.15) is 60.4 Å². The molecule has 74 heavy (non-hydrogen) atoms. The number of hydrogen-bond donors (Lipinski definition) is 1. The van der Waals surface area contributed by atoms with E-state index in [4.69, 9.17) is 23.7 Å². The molecule has 0 unspecified atom stereocenters. The zero-order valence-electron chi connectivity index (χ0n) is 45.5. The second-order valence-corrected chi connectivity index (χ2v) is 18.4. The number of methoxy groups -OCH3 is 5. The summed E-state index contributed by atoms with van der Waals surface area (Å²) < 4.78 is 33.9. The fourth-order valence-electron chi connectivity index (χ4n) is 9.34. The van der Waals surface area contributed by atoms with Crippen molar-refractivity contribution in [2.24, 2.45) is 14.1 Å². The predicted octanol–water partition coefficient (Wildman–Crippen LogP) is 12.4. The van der Waals surface area contributed by atoms with Crippen molar-refractivity contribution in [3.05, 3.63) is 162 Å². The molecular formula is C61H80N8O5. The van der Waals surface area contributed by atoms with Gasteiger partial charge in [0, 0.05) is 152 Å². The zero-order valence-corrected chi connectivity index (χ0v) is 45.5. The normalized spacial score (nSPS) is 11.0. The minimum atomic E-state index is 0.797. The Bertz CT molecular complexity index is 2990. The molecule has 1 N–H and O–H groups in total. The van der Waals surface area contributed by atoms with Gasteiger partial charge in [-0.05, 0) is 113 Å². The molecular weight excluding hydrogens is 925 g/mol. The van der Waals surface area contributed by atoms with Gasteiger partial charge in [-0.1, -0.05) is 91.0 Å². The van der Waals surface area contributed by atoms with Gasteiger partial charge < -0.3 is 32.8 Å². The van der Waals surface area contributed by atoms with Gasteiger partial charge in [-0.25, -0.2) is 0 Å². The highest BCUT2D eigenvalue weighted by atomic mass is 16.5. The van der Waals surface area contributed by atoms with E-state index in [1.165, 1.54) is 71.8 Å². The SMILES string of the molecule is COCCCc1[nH]nc2ccccc12.COCCCc1c2ccccc2nn1C.COCCCc1nn(C)c2ccccc12.COCCCn1c(C)cc2ccccc21.COCCCn1cc(C)c2ccccc21. The second-order valence-electron chi connectivity index (χ2n) is 18.4. The molecule has 0 radical (unpaired) electrons. The highest BCUT2D eigenvalue weighted by Gasteiger charge is 2.09. The maximum atomic E-state index is 5.08. The Morgan fingerprint density at radius 1 is 0.473 bits per heavy atom. The van der Waals surface area contributed by atoms with E-state index in [-0.39, 0.29) is 0 Å². The summed E-state index contributed by atoms with van der Waals surface area (Å²) in [7, 11) is 12.7. The standard InChI is InChI=1S/2C13H17NO.2C12H16N2O.C11H14N2O/c1-11-10-14(8-5-9-15-2)13-7-4-3-6-12(11)13;1-11-10-12-6-3-4-7-13(12)14(11)8-5-9-15-2;1-14-12-8-4-3-6-10(12)11(13-14)7-5-9-15-2;1-14-12(8-5-9-15-2)10-6-3-4-7-11(10)13-14;1-14-8-4-7-11-9-5-2-3-6-10(9)12-13-11/h2*3-4,6-7,10H,5,8-9H2,1-2H3;3-4,6,8H,5,7,9H2,1-2H3;3-4,6-7H,5,8-9H2,1-2H3;2-3,5-6H,4,7-8H2,1H3,(H,12,13). The summed E-state index contributed by atoms with van der Waals surface area (Å²) in [6.45, 7) is 10.4. The Hall–Kier alpha value is -6.61. The molecule has 13 heteroatoms. The number of benzene rings is 5. The van der Waals surface area contributed by atoms with E-state index in [2.05, 4.69) is 147 Å². The average Bonchev–Trinajstić information content (AvgIpc) is 4.23. The molecule has 0 aliphatic rings. The quantitative estimate of drug-likeness (QED) is 0.0750. The number of hydrogen-bond acceptors (Lipinski definition) is 8. The number of aromatic nitrogens is 8. The van der Waals surface area contributed by atoms with Crippen molar-refractivity contribution in [3.63, 3.8) is 0 Å². The van der Waals surface area contributed by atoms with Gasteiger partial charge in [-0.3, -0.25) is 14.5 Å². The van der Waals surface area contributed by atoms with Crippen molar-refractivity contribution < 1.29 is 23.7 Å². The zero-order chi connectivity index (χ0) is 52.5. The number of aromatic amines is 1. The first-order valence-corrected chi connectivity index (χ1v) is 26.0. The lowest BCUT2D eigenvalue weighted by atomic mass is 10.1. The summed E-state index contributed by atoms with van der Waals surface area (Å²) >= 11 is 0. The molecule has 10 rings (SSSR count). The molecule has 0 atom stereocenters. The topological polar surface area (TPSA) is 120 Å². The van der Waals surface area contributed by atoms with Crippen LogP contribution in [0.15, 0.2) is 134 Å². The number of rotatable bonds is 20. The Labute approximate surface area is 438 Å². The van der Waals surface area contributed by atoms with Crippen LogP contribution < -0.4 is 0 Å². The van der Waals surface area contributed by atoms with Crippen LogP contribution in [-0.4, -0.2) is 107 Å². The Morgan fingerprint density at radius 2 is 1.00 bits per heavy atom. The first-order valence-electron chi connectivity index (χ1n) is 26.0. The molecule has 0 amide bonds. The van der Waals surface area contributed by atoms with Gasteiger partial charge in [0.2, 0.25) is 0 Å². The summed E-state index contributed by atoms with van der Waals surface area (Å²) in [6, 6.07) is 44.0. The number of nitrogens with zero attached hydrogens (tertiary/aromatic N) is 7. The molecule has 10 aromatic rings. The molecule has 0 fully saturated rings. The fraction of sp³-hybridized carbons (Fsp3) is 0.393. The molecule has 5 aromatic heterocycles. The van der Waals surface area contributed by atoms with E-state index in [0.29, 0.717) is 0 Å². The maximum absolute atomic E-state index is 5.08. The highest BCUT2D eigenvalue weighted by molar-refractivity contribution is 5.85. The van der Waals surface area contributed by atoms with E-state index in [1.54, 1.807) is 35.5 Å². The lowest BCUT2D eigenvalue weighted by Crippen LogP contribution is -2.02. The van der Waals surface area contributed by atoms with E-state index < -0.39 is 0 Å². The third-order valence-electron chi connectivity index (χ3n) is 13.0. The van der Waals surface area contributed by atoms with E-state index in [1.807, 2.05) is 53.8 Å². The first-order chi connectivity index (χ1) is 36.2. The number of ether oxygens (including phenoxy) is 5. The van der Waals surface area contributed by atoms with Crippen LogP contribution >= 0.6 is 0 Å². The van der Waals surface area contributed by atoms with Crippen LogP contribution in [0.25, 0.3) is 54.5 Å². The van der Waals surface area contributed by atoms with Crippen LogP contribution in [-0.2, 0) is 70.1 Å². The molecule has 0 bridgehead atoms. The number of fused-ring (bicyclic) bond motifs is 5. The van der Waals surface area contributed by atoms with Gasteiger partial charge in [0.25, 0.3) is 0 Å². The number of H-pyrrole nitrogens is 1. The maximum Gasteiger partial charge on any atom is 0.0926 e. The molecule has 5 heterocycles. The smallest absolute Gasteiger partial charge is 0.0926 e. The van der Waals surface area contributed by atoms with Crippen LogP contribution in [0.4, 0.5) is 0 Å². The number of nitrogens with one attached hydrogen (secondary N) is 1. The predicted molar refractivity (Wildman–Crippen MR) is 304 cm³/mol. The summed E-state index contributed by atoms with van der Waals surface area (Å²) in [4.78, 5) is 0. The van der Waals surface area contributed by atoms with E-state index >= 15 is 0 Å². The molecule has 0 spiro atoms. The van der Waals surface area contributed by atoms with Crippen LogP contribution in [0.3, 0.4) is 0 Å². The highest BCUT2D eigenvalue weighted by Crippen LogP contribution is 2.23. The summed E-state index contributed by atoms with van der Waals surface area (Å²) in [5, 5.41) is 22.7. The van der Waals surface area contributed by atoms with Gasteiger partial charge in [0.1, 0.15) is 0 Å². The molecule has 5 aromatic carbocycles. The van der Waals surface area contributed by atoms with E-state index in [9.17, 15) is 0 Å². The van der Waals surface area contributed by atoms with Gasteiger partial charge in [0.05, 0.1) is 22.2 Å². The van der Waals surface area contributed by atoms with Gasteiger partial charge in [-0.15, -0.1) is 0 Å². The van der Waals surface area contributed by atoms with Crippen molar-refractivity contribution in [2.45, 2.75) is 78.3 Å². The van der Waals surface area contributed by atoms with Gasteiger partial charge >= 0.3 is 0 Å². The minimum Gasteiger partial charge on any atom is -0.385 e. The molecule has 13 nitrogen and oxygen atoms in total. The summed E-state index contributed by atoms with van der Waals surface area (Å²) in [6.07, 6.45) is 10.4. The Kier molecular flexibility index (Phi) is 23.4. The number of aryl methyl sites for hydroxylation is 9. The van der Waals surface area contributed by atoms with Crippen LogP contribution in [0.2, 0.25) is 0 Å². The van der Waals surface area contributed by atoms with Crippen molar-refractivity contribution in [2.75, 3.05) is 68.6 Å². The third-order valence-corrected chi connectivity index (χ3v) is 13.0. The molecule has 0 saturated heterocycles. The average molecular weight is 1010 g/mol. The fourth-order valence-corrected chi connectivity index (χ4v) is 9.34. The van der Waals surface area contributed by atoms with Crippen molar-refractivity contribution >= 4 is 54.5 Å². The second kappa shape index (κ2) is 30.6. The Balaban J connectivity index is 0.000000151. The third kappa shape index (κ3) is 15.9. The molecule has 0 saturated carbocycles. The molecule has 394 valence electrons. The lowest BCUT2D eigenvalue weighted by Gasteiger charge is -2.07. The number of para-hydroxylation sites is 4. The minimum absolute atomic E-state index is 0.797. The monoisotopic (exact) mass is 1000 g/mol. The van der Waals surface area contributed by atoms with Crippen LogP contribution in [0, 0.1) is 13.8 Å². The van der Waals surface area contributed by atoms with E-state index in [0.717, 1.165) is 109 Å².